The van der Waals surface area contributed by atoms with Gasteiger partial charge in [-0.25, -0.2) is 8.78 Å². The number of non-ortho nitro benzene ring substituents is 1. The molecule has 0 radical (unpaired) electrons. The van der Waals surface area contributed by atoms with E-state index < -0.39 is 16.6 Å². The Morgan fingerprint density at radius 2 is 1.85 bits per heavy atom. The maximum absolute atomic E-state index is 13.5. The Morgan fingerprint density at radius 1 is 1.20 bits per heavy atom. The summed E-state index contributed by atoms with van der Waals surface area (Å²) < 4.78 is 26.4. The maximum atomic E-state index is 13.5. The Kier molecular flexibility index (Phi) is 4.14. The summed E-state index contributed by atoms with van der Waals surface area (Å²) in [6.07, 6.45) is 0. The Balaban J connectivity index is 2.11. The second-order valence-electron chi connectivity index (χ2n) is 4.02. The molecule has 0 unspecified atom stereocenters. The average molecular weight is 299 g/mol. The fourth-order valence-corrected chi connectivity index (χ4v) is 1.90. The first-order chi connectivity index (χ1) is 9.47. The van der Waals surface area contributed by atoms with Crippen molar-refractivity contribution in [1.29, 1.82) is 0 Å². The second kappa shape index (κ2) is 5.83. The van der Waals surface area contributed by atoms with Crippen molar-refractivity contribution in [3.63, 3.8) is 0 Å². The predicted octanol–water partition coefficient (Wildman–Crippen LogP) is 4.14. The molecule has 2 aromatic carbocycles. The number of hydrogen-bond donors (Lipinski definition) is 1. The highest BCUT2D eigenvalue weighted by molar-refractivity contribution is 6.33. The molecule has 0 heterocycles. The summed E-state index contributed by atoms with van der Waals surface area (Å²) in [7, 11) is 0. The van der Waals surface area contributed by atoms with Crippen LogP contribution in [0.3, 0.4) is 0 Å². The van der Waals surface area contributed by atoms with Gasteiger partial charge in [-0.15, -0.1) is 0 Å². The zero-order valence-corrected chi connectivity index (χ0v) is 10.8. The number of nitrogens with zero attached hydrogens (tertiary/aromatic N) is 1. The van der Waals surface area contributed by atoms with Gasteiger partial charge in [0.2, 0.25) is 0 Å². The molecule has 0 aliphatic heterocycles. The number of nitro groups is 1. The van der Waals surface area contributed by atoms with Crippen LogP contribution in [0.4, 0.5) is 20.2 Å². The van der Waals surface area contributed by atoms with Gasteiger partial charge in [0.05, 0.1) is 15.6 Å². The topological polar surface area (TPSA) is 55.2 Å². The van der Waals surface area contributed by atoms with Gasteiger partial charge in [0, 0.05) is 24.7 Å². The molecule has 0 aliphatic rings. The first-order valence-corrected chi connectivity index (χ1v) is 5.97. The van der Waals surface area contributed by atoms with Crippen molar-refractivity contribution in [3.05, 3.63) is 68.7 Å². The highest BCUT2D eigenvalue weighted by Crippen LogP contribution is 2.27. The quantitative estimate of drug-likeness (QED) is 0.682. The van der Waals surface area contributed by atoms with Crippen LogP contribution in [0.15, 0.2) is 36.4 Å². The third kappa shape index (κ3) is 3.21. The van der Waals surface area contributed by atoms with Gasteiger partial charge in [0.15, 0.2) is 5.82 Å². The van der Waals surface area contributed by atoms with Gasteiger partial charge in [-0.05, 0) is 11.6 Å². The van der Waals surface area contributed by atoms with Crippen LogP contribution in [0.2, 0.25) is 5.02 Å². The molecule has 0 amide bonds. The molecule has 0 fully saturated rings. The van der Waals surface area contributed by atoms with Gasteiger partial charge in [0.25, 0.3) is 5.69 Å². The smallest absolute Gasteiger partial charge is 0.269 e. The summed E-state index contributed by atoms with van der Waals surface area (Å²) in [5.41, 5.74) is 0.668. The van der Waals surface area contributed by atoms with Crippen molar-refractivity contribution in [2.45, 2.75) is 6.54 Å². The normalized spacial score (nSPS) is 10.3. The summed E-state index contributed by atoms with van der Waals surface area (Å²) in [5.74, 6) is -1.55. The Labute approximate surface area is 118 Å². The van der Waals surface area contributed by atoms with Gasteiger partial charge < -0.3 is 5.32 Å². The van der Waals surface area contributed by atoms with E-state index in [9.17, 15) is 18.9 Å². The summed E-state index contributed by atoms with van der Waals surface area (Å²) in [4.78, 5) is 9.99. The lowest BCUT2D eigenvalue weighted by molar-refractivity contribution is -0.384. The van der Waals surface area contributed by atoms with E-state index in [1.807, 2.05) is 0 Å². The standard InChI is InChI=1S/C13H9ClF2N2O2/c14-11-5-9(15)6-12(16)13(11)17-7-8-1-3-10(4-2-8)18(19)20/h1-6,17H,7H2. The maximum Gasteiger partial charge on any atom is 0.269 e. The van der Waals surface area contributed by atoms with Crippen molar-refractivity contribution < 1.29 is 13.7 Å². The number of nitrogens with one attached hydrogen (secondary N) is 1. The van der Waals surface area contributed by atoms with Gasteiger partial charge in [-0.1, -0.05) is 23.7 Å². The molecule has 0 saturated carbocycles. The Bertz CT molecular complexity index is 624. The molecule has 0 atom stereocenters. The van der Waals surface area contributed by atoms with Gasteiger partial charge in [0.1, 0.15) is 5.82 Å². The van der Waals surface area contributed by atoms with E-state index in [0.29, 0.717) is 5.56 Å². The van der Waals surface area contributed by atoms with Crippen LogP contribution in [-0.2, 0) is 6.54 Å². The van der Waals surface area contributed by atoms with Crippen molar-refractivity contribution in [2.75, 3.05) is 5.32 Å². The van der Waals surface area contributed by atoms with Crippen molar-refractivity contribution in [2.24, 2.45) is 0 Å². The van der Waals surface area contributed by atoms with E-state index in [2.05, 4.69) is 5.32 Å². The largest absolute Gasteiger partial charge is 0.377 e. The molecule has 0 saturated heterocycles. The van der Waals surface area contributed by atoms with Crippen molar-refractivity contribution in [3.8, 4) is 0 Å². The van der Waals surface area contributed by atoms with Crippen LogP contribution < -0.4 is 5.32 Å². The van der Waals surface area contributed by atoms with E-state index in [-0.39, 0.29) is 22.9 Å². The molecule has 4 nitrogen and oxygen atoms in total. The molecule has 0 aliphatic carbocycles. The van der Waals surface area contributed by atoms with Crippen molar-refractivity contribution >= 4 is 23.0 Å². The van der Waals surface area contributed by atoms with Crippen LogP contribution in [0, 0.1) is 21.7 Å². The van der Waals surface area contributed by atoms with Crippen molar-refractivity contribution in [1.82, 2.24) is 0 Å². The van der Waals surface area contributed by atoms with Gasteiger partial charge in [-0.2, -0.15) is 0 Å². The highest BCUT2D eigenvalue weighted by Gasteiger charge is 2.10. The van der Waals surface area contributed by atoms with E-state index in [4.69, 9.17) is 11.6 Å². The molecular formula is C13H9ClF2N2O2. The summed E-state index contributed by atoms with van der Waals surface area (Å²) in [6.45, 7) is 0.209. The lowest BCUT2D eigenvalue weighted by Gasteiger charge is -2.09. The number of anilines is 1. The van der Waals surface area contributed by atoms with Gasteiger partial charge in [-0.3, -0.25) is 10.1 Å². The average Bonchev–Trinajstić information content (AvgIpc) is 2.38. The molecule has 0 bridgehead atoms. The molecule has 0 spiro atoms. The number of halogens is 3. The monoisotopic (exact) mass is 298 g/mol. The van der Waals surface area contributed by atoms with Gasteiger partial charge >= 0.3 is 0 Å². The number of rotatable bonds is 4. The molecule has 20 heavy (non-hydrogen) atoms. The number of hydrogen-bond acceptors (Lipinski definition) is 3. The molecule has 7 heteroatoms. The molecule has 2 aromatic rings. The molecule has 1 N–H and O–H groups in total. The van der Waals surface area contributed by atoms with E-state index >= 15 is 0 Å². The number of benzene rings is 2. The summed E-state index contributed by atoms with van der Waals surface area (Å²) in [6, 6.07) is 7.51. The van der Waals surface area contributed by atoms with E-state index in [1.54, 1.807) is 12.1 Å². The van der Waals surface area contributed by atoms with Crippen LogP contribution >= 0.6 is 11.6 Å². The lowest BCUT2D eigenvalue weighted by atomic mass is 10.2. The van der Waals surface area contributed by atoms with Crippen LogP contribution in [0.1, 0.15) is 5.56 Å². The molecular weight excluding hydrogens is 290 g/mol. The summed E-state index contributed by atoms with van der Waals surface area (Å²) >= 11 is 5.74. The minimum atomic E-state index is -0.795. The predicted molar refractivity (Wildman–Crippen MR) is 71.8 cm³/mol. The molecule has 0 aromatic heterocycles. The van der Waals surface area contributed by atoms with E-state index in [1.165, 1.54) is 12.1 Å². The minimum Gasteiger partial charge on any atom is -0.377 e. The van der Waals surface area contributed by atoms with Crippen LogP contribution in [0.5, 0.6) is 0 Å². The second-order valence-corrected chi connectivity index (χ2v) is 4.43. The van der Waals surface area contributed by atoms with E-state index in [0.717, 1.165) is 12.1 Å². The third-order valence-corrected chi connectivity index (χ3v) is 2.92. The Hall–Kier alpha value is -2.21. The lowest BCUT2D eigenvalue weighted by Crippen LogP contribution is -2.03. The fourth-order valence-electron chi connectivity index (χ4n) is 1.64. The van der Waals surface area contributed by atoms with Crippen LogP contribution in [0.25, 0.3) is 0 Å². The third-order valence-electron chi connectivity index (χ3n) is 2.62. The highest BCUT2D eigenvalue weighted by atomic mass is 35.5. The first kappa shape index (κ1) is 14.2. The zero-order chi connectivity index (χ0) is 14.7. The molecule has 2 rings (SSSR count). The van der Waals surface area contributed by atoms with Crippen LogP contribution in [-0.4, -0.2) is 4.92 Å². The summed E-state index contributed by atoms with van der Waals surface area (Å²) in [5, 5.41) is 13.2. The number of nitro benzene ring substituents is 1. The first-order valence-electron chi connectivity index (χ1n) is 5.59. The molecule has 104 valence electrons. The SMILES string of the molecule is O=[N+]([O-])c1ccc(CNc2c(F)cc(F)cc2Cl)cc1. The Morgan fingerprint density at radius 3 is 2.40 bits per heavy atom. The minimum absolute atomic E-state index is 0.00794. The fraction of sp³-hybridized carbons (Fsp3) is 0.0769. The zero-order valence-electron chi connectivity index (χ0n) is 10.1.